The number of carbonyl (C=O) groups excluding carboxylic acids is 1. The number of carbonyl (C=O) groups is 1. The number of benzene rings is 1. The SMILES string of the molecule is C.CC.CC.CC(=O)C1CCC(C)c2c(C)ccc(C)c21. The molecule has 0 saturated carbocycles. The van der Waals surface area contributed by atoms with Crippen LogP contribution in [0.2, 0.25) is 0 Å². The van der Waals surface area contributed by atoms with E-state index in [0.29, 0.717) is 11.7 Å². The van der Waals surface area contributed by atoms with Crippen molar-refractivity contribution >= 4 is 5.78 Å². The van der Waals surface area contributed by atoms with Gasteiger partial charge in [0.25, 0.3) is 0 Å². The number of aryl methyl sites for hydroxylation is 2. The van der Waals surface area contributed by atoms with E-state index in [-0.39, 0.29) is 13.3 Å². The summed E-state index contributed by atoms with van der Waals surface area (Å²) in [7, 11) is 0. The smallest absolute Gasteiger partial charge is 0.137 e. The van der Waals surface area contributed by atoms with Crippen LogP contribution in [0, 0.1) is 13.8 Å². The molecule has 2 unspecified atom stereocenters. The number of Topliss-reactive ketones (excluding diaryl/α,β-unsaturated/α-hetero) is 1. The molecule has 0 spiro atoms. The summed E-state index contributed by atoms with van der Waals surface area (Å²) in [5.41, 5.74) is 5.39. The number of hydrogen-bond donors (Lipinski definition) is 0. The summed E-state index contributed by atoms with van der Waals surface area (Å²) in [5, 5.41) is 0. The minimum absolute atomic E-state index is 0. The molecule has 1 aromatic rings. The van der Waals surface area contributed by atoms with Gasteiger partial charge in [0.15, 0.2) is 0 Å². The Balaban J connectivity index is 0. The second-order valence-electron chi connectivity index (χ2n) is 5.17. The molecule has 1 nitrogen and oxygen atoms in total. The van der Waals surface area contributed by atoms with Crippen molar-refractivity contribution in [2.45, 2.75) is 87.5 Å². The first-order chi connectivity index (χ1) is 9.52. The molecule has 0 saturated heterocycles. The standard InChI is InChI=1S/C15H20O.2C2H6.CH4/c1-9-5-6-11(3)15-13(12(4)16)8-7-10(2)14(9)15;2*1-2;/h5-6,10,13H,7-8H2,1-4H3;2*1-2H3;1H4. The van der Waals surface area contributed by atoms with Crippen LogP contribution in [0.1, 0.15) is 95.9 Å². The van der Waals surface area contributed by atoms with Crippen LogP contribution in [-0.4, -0.2) is 5.78 Å². The van der Waals surface area contributed by atoms with Gasteiger partial charge in [-0.15, -0.1) is 0 Å². The second-order valence-corrected chi connectivity index (χ2v) is 5.17. The zero-order valence-corrected chi connectivity index (χ0v) is 14.6. The maximum atomic E-state index is 11.7. The van der Waals surface area contributed by atoms with Gasteiger partial charge in [-0.2, -0.15) is 0 Å². The third kappa shape index (κ3) is 4.98. The zero-order valence-electron chi connectivity index (χ0n) is 14.6. The lowest BCUT2D eigenvalue weighted by molar-refractivity contribution is -0.118. The Morgan fingerprint density at radius 3 is 1.81 bits per heavy atom. The summed E-state index contributed by atoms with van der Waals surface area (Å²) in [6, 6.07) is 4.34. The molecule has 122 valence electrons. The van der Waals surface area contributed by atoms with E-state index in [0.717, 1.165) is 12.8 Å². The summed E-state index contributed by atoms with van der Waals surface area (Å²) in [4.78, 5) is 11.7. The van der Waals surface area contributed by atoms with Crippen molar-refractivity contribution < 1.29 is 4.79 Å². The fraction of sp³-hybridized carbons (Fsp3) is 0.650. The van der Waals surface area contributed by atoms with Crippen molar-refractivity contribution in [2.75, 3.05) is 0 Å². The van der Waals surface area contributed by atoms with Gasteiger partial charge < -0.3 is 0 Å². The first-order valence-corrected chi connectivity index (χ1v) is 8.12. The Morgan fingerprint density at radius 1 is 0.952 bits per heavy atom. The Kier molecular flexibility index (Phi) is 11.2. The molecule has 1 aliphatic carbocycles. The molecule has 0 bridgehead atoms. The molecule has 0 N–H and O–H groups in total. The Labute approximate surface area is 133 Å². The summed E-state index contributed by atoms with van der Waals surface area (Å²) < 4.78 is 0. The van der Waals surface area contributed by atoms with Crippen LogP contribution < -0.4 is 0 Å². The van der Waals surface area contributed by atoms with Gasteiger partial charge in [0.1, 0.15) is 5.78 Å². The van der Waals surface area contributed by atoms with Gasteiger partial charge in [0, 0.05) is 5.92 Å². The Bertz CT molecular complexity index is 432. The monoisotopic (exact) mass is 292 g/mol. The molecule has 1 aromatic carbocycles. The van der Waals surface area contributed by atoms with E-state index < -0.39 is 0 Å². The number of fused-ring (bicyclic) bond motifs is 1. The average Bonchev–Trinajstić information content (AvgIpc) is 2.47. The lowest BCUT2D eigenvalue weighted by atomic mass is 9.72. The highest BCUT2D eigenvalue weighted by molar-refractivity contribution is 5.84. The fourth-order valence-corrected chi connectivity index (χ4v) is 3.08. The minimum atomic E-state index is 0. The first-order valence-electron chi connectivity index (χ1n) is 8.12. The third-order valence-corrected chi connectivity index (χ3v) is 3.94. The normalized spacial score (nSPS) is 18.9. The topological polar surface area (TPSA) is 17.1 Å². The van der Waals surface area contributed by atoms with Gasteiger partial charge >= 0.3 is 0 Å². The van der Waals surface area contributed by atoms with E-state index in [4.69, 9.17) is 0 Å². The Morgan fingerprint density at radius 2 is 1.38 bits per heavy atom. The van der Waals surface area contributed by atoms with Crippen LogP contribution in [0.25, 0.3) is 0 Å². The lowest BCUT2D eigenvalue weighted by Gasteiger charge is -2.31. The van der Waals surface area contributed by atoms with E-state index in [1.54, 1.807) is 6.92 Å². The predicted molar refractivity (Wildman–Crippen MR) is 96.4 cm³/mol. The Hall–Kier alpha value is -1.11. The number of rotatable bonds is 1. The van der Waals surface area contributed by atoms with Crippen LogP contribution in [0.3, 0.4) is 0 Å². The van der Waals surface area contributed by atoms with Gasteiger partial charge in [0.2, 0.25) is 0 Å². The van der Waals surface area contributed by atoms with Crippen LogP contribution >= 0.6 is 0 Å². The van der Waals surface area contributed by atoms with Crippen LogP contribution in [0.5, 0.6) is 0 Å². The predicted octanol–water partition coefficient (Wildman–Crippen LogP) is 6.56. The van der Waals surface area contributed by atoms with Gasteiger partial charge in [-0.05, 0) is 61.8 Å². The lowest BCUT2D eigenvalue weighted by Crippen LogP contribution is -2.20. The van der Waals surface area contributed by atoms with Crippen molar-refractivity contribution in [1.29, 1.82) is 0 Å². The van der Waals surface area contributed by atoms with E-state index in [2.05, 4.69) is 32.9 Å². The summed E-state index contributed by atoms with van der Waals surface area (Å²) in [6.07, 6.45) is 2.16. The minimum Gasteiger partial charge on any atom is -0.299 e. The summed E-state index contributed by atoms with van der Waals surface area (Å²) in [6.45, 7) is 16.3. The molecule has 2 rings (SSSR count). The van der Waals surface area contributed by atoms with Gasteiger partial charge in [-0.25, -0.2) is 0 Å². The van der Waals surface area contributed by atoms with E-state index in [1.807, 2.05) is 27.7 Å². The molecule has 0 aliphatic heterocycles. The summed E-state index contributed by atoms with van der Waals surface area (Å²) >= 11 is 0. The fourth-order valence-electron chi connectivity index (χ4n) is 3.08. The molecular formula is C20H36O. The molecule has 1 heteroatoms. The number of hydrogen-bond acceptors (Lipinski definition) is 1. The highest BCUT2D eigenvalue weighted by Gasteiger charge is 2.29. The molecule has 0 radical (unpaired) electrons. The molecule has 1 aliphatic rings. The van der Waals surface area contributed by atoms with Gasteiger partial charge in [-0.1, -0.05) is 54.2 Å². The quantitative estimate of drug-likeness (QED) is 0.572. The van der Waals surface area contributed by atoms with E-state index in [9.17, 15) is 4.79 Å². The van der Waals surface area contributed by atoms with Crippen molar-refractivity contribution in [2.24, 2.45) is 0 Å². The largest absolute Gasteiger partial charge is 0.299 e. The highest BCUT2D eigenvalue weighted by Crippen LogP contribution is 2.42. The molecule has 0 amide bonds. The first kappa shape index (κ1) is 22.2. The molecule has 0 aromatic heterocycles. The third-order valence-electron chi connectivity index (χ3n) is 3.94. The molecule has 2 atom stereocenters. The molecule has 0 heterocycles. The average molecular weight is 293 g/mol. The summed E-state index contributed by atoms with van der Waals surface area (Å²) in [5.74, 6) is 1.07. The van der Waals surface area contributed by atoms with Crippen molar-refractivity contribution in [1.82, 2.24) is 0 Å². The van der Waals surface area contributed by atoms with E-state index in [1.165, 1.54) is 22.3 Å². The van der Waals surface area contributed by atoms with Crippen molar-refractivity contribution in [3.05, 3.63) is 34.4 Å². The van der Waals surface area contributed by atoms with E-state index >= 15 is 0 Å². The van der Waals surface area contributed by atoms with Crippen molar-refractivity contribution in [3.8, 4) is 0 Å². The maximum absolute atomic E-state index is 11.7. The highest BCUT2D eigenvalue weighted by atomic mass is 16.1. The molecule has 21 heavy (non-hydrogen) atoms. The molecule has 0 fully saturated rings. The maximum Gasteiger partial charge on any atom is 0.137 e. The molecular weight excluding hydrogens is 256 g/mol. The van der Waals surface area contributed by atoms with Crippen LogP contribution in [0.15, 0.2) is 12.1 Å². The zero-order chi connectivity index (χ0) is 15.9. The van der Waals surface area contributed by atoms with Crippen molar-refractivity contribution in [3.63, 3.8) is 0 Å². The van der Waals surface area contributed by atoms with Gasteiger partial charge in [0.05, 0.1) is 0 Å². The second kappa shape index (κ2) is 10.6. The van der Waals surface area contributed by atoms with Crippen LogP contribution in [-0.2, 0) is 4.79 Å². The number of ketones is 1. The van der Waals surface area contributed by atoms with Crippen LogP contribution in [0.4, 0.5) is 0 Å². The van der Waals surface area contributed by atoms with Gasteiger partial charge in [-0.3, -0.25) is 4.79 Å².